The van der Waals surface area contributed by atoms with Crippen molar-refractivity contribution >= 4 is 27.5 Å². The van der Waals surface area contributed by atoms with Crippen molar-refractivity contribution in [2.75, 3.05) is 0 Å². The van der Waals surface area contributed by atoms with Crippen LogP contribution >= 0.6 is 0 Å². The predicted octanol–water partition coefficient (Wildman–Crippen LogP) is 15.4. The first-order chi connectivity index (χ1) is 25.3. The number of rotatable bonds is 3. The monoisotopic (exact) mass is 1110 g/mol. The van der Waals surface area contributed by atoms with Gasteiger partial charge in [0.1, 0.15) is 0 Å². The number of ketones is 1. The Kier molecular flexibility index (Phi) is 19.3. The molecule has 0 aliphatic heterocycles. The number of fused-ring (bicyclic) bond motifs is 5. The van der Waals surface area contributed by atoms with Crippen molar-refractivity contribution in [3.63, 3.8) is 0 Å². The zero-order valence-electron chi connectivity index (χ0n) is 39.7. The van der Waals surface area contributed by atoms with Crippen LogP contribution in [0, 0.1) is 119 Å². The third kappa shape index (κ3) is 10.9. The molecule has 0 unspecified atom stereocenters. The number of aryl methyl sites for hydroxylation is 7. The van der Waals surface area contributed by atoms with Crippen LogP contribution in [0.3, 0.4) is 0 Å². The molecule has 0 spiro atoms. The van der Waals surface area contributed by atoms with E-state index >= 15 is 0 Å². The molecule has 5 aromatic rings. The summed E-state index contributed by atoms with van der Waals surface area (Å²) in [5.74, 6) is 3.15. The van der Waals surface area contributed by atoms with E-state index < -0.39 is 0 Å². The number of hydrogen-bond donors (Lipinski definition) is 0. The molecule has 0 N–H and O–H groups in total. The van der Waals surface area contributed by atoms with Gasteiger partial charge in [0.05, 0.1) is 0 Å². The van der Waals surface area contributed by atoms with Crippen molar-refractivity contribution < 1.29 is 51.3 Å². The molecule has 1 aromatic heterocycles. The molecule has 0 radical (unpaired) electrons. The summed E-state index contributed by atoms with van der Waals surface area (Å²) in [6.07, 6.45) is 4.16. The van der Waals surface area contributed by atoms with Crippen molar-refractivity contribution in [3.05, 3.63) is 114 Å². The molecule has 57 heavy (non-hydrogen) atoms. The fourth-order valence-corrected chi connectivity index (χ4v) is 8.44. The van der Waals surface area contributed by atoms with Crippen molar-refractivity contribution in [1.29, 1.82) is 0 Å². The van der Waals surface area contributed by atoms with Gasteiger partial charge >= 0.3 is 42.1 Å². The molecule has 0 atom stereocenters. The molecule has 1 aliphatic carbocycles. The molecule has 0 bridgehead atoms. The zero-order chi connectivity index (χ0) is 42.2. The van der Waals surface area contributed by atoms with Gasteiger partial charge in [-0.1, -0.05) is 95.5 Å². The Morgan fingerprint density at radius 1 is 0.596 bits per heavy atom. The van der Waals surface area contributed by atoms with Gasteiger partial charge in [0.15, 0.2) is 5.78 Å². The Balaban J connectivity index is 0.000000477. The fraction of sp³-hybridized carbons (Fsp3) is 0.491. The quantitative estimate of drug-likeness (QED) is 0.165. The van der Waals surface area contributed by atoms with Gasteiger partial charge in [0, 0.05) is 16.9 Å². The average molecular weight is 1110 g/mol. The van der Waals surface area contributed by atoms with Gasteiger partial charge in [-0.2, -0.15) is 51.8 Å². The summed E-state index contributed by atoms with van der Waals surface area (Å²) in [7, 11) is 0. The van der Waals surface area contributed by atoms with E-state index in [4.69, 9.17) is 4.42 Å². The second-order valence-corrected chi connectivity index (χ2v) is 18.4. The van der Waals surface area contributed by atoms with Gasteiger partial charge in [0.2, 0.25) is 0 Å². The largest absolute Gasteiger partial charge is 2.00 e. The second-order valence-electron chi connectivity index (χ2n) is 18.4. The first-order valence-corrected chi connectivity index (χ1v) is 20.4. The Bertz CT molecular complexity index is 2230. The molecule has 0 fully saturated rings. The molecule has 0 amide bonds. The molecule has 1 heterocycles. The number of hydrogen-bond acceptors (Lipinski definition) is 2. The maximum Gasteiger partial charge on any atom is 2.00 e. The molecular weight excluding hydrogens is 1040 g/mol. The maximum absolute atomic E-state index is 13.3. The fourth-order valence-electron chi connectivity index (χ4n) is 8.44. The maximum atomic E-state index is 13.3. The van der Waals surface area contributed by atoms with E-state index in [1.807, 2.05) is 27.2 Å². The minimum absolute atomic E-state index is 0. The molecule has 0 saturated carbocycles. The second kappa shape index (κ2) is 20.8. The molecule has 0 saturated heterocycles. The Morgan fingerprint density at radius 3 is 1.56 bits per heavy atom. The van der Waals surface area contributed by atoms with E-state index in [-0.39, 0.29) is 53.3 Å². The van der Waals surface area contributed by atoms with Gasteiger partial charge in [0.25, 0.3) is 0 Å². The summed E-state index contributed by atoms with van der Waals surface area (Å²) in [5, 5.41) is 3.93. The van der Waals surface area contributed by atoms with E-state index in [1.165, 1.54) is 72.3 Å². The van der Waals surface area contributed by atoms with E-state index in [0.717, 1.165) is 68.5 Å². The smallest absolute Gasteiger partial charge is 0.532 e. The first-order valence-electron chi connectivity index (χ1n) is 20.4. The summed E-state index contributed by atoms with van der Waals surface area (Å²) in [4.78, 5) is 13.3. The van der Waals surface area contributed by atoms with E-state index in [1.54, 1.807) is 0 Å². The van der Waals surface area contributed by atoms with Crippen LogP contribution < -0.4 is 0 Å². The van der Waals surface area contributed by atoms with E-state index in [0.29, 0.717) is 5.92 Å². The molecule has 308 valence electrons. The molecule has 6 rings (SSSR count). The van der Waals surface area contributed by atoms with Crippen molar-refractivity contribution in [3.8, 4) is 11.1 Å². The van der Waals surface area contributed by atoms with Gasteiger partial charge < -0.3 is 16.8 Å². The van der Waals surface area contributed by atoms with Gasteiger partial charge in [-0.15, -0.1) is 28.1 Å². The minimum Gasteiger partial charge on any atom is -0.532 e. The van der Waals surface area contributed by atoms with Crippen LogP contribution in [0.15, 0.2) is 4.42 Å². The predicted molar refractivity (Wildman–Crippen MR) is 241 cm³/mol. The first kappa shape index (κ1) is 52.7. The van der Waals surface area contributed by atoms with Crippen LogP contribution in [0.1, 0.15) is 163 Å². The summed E-state index contributed by atoms with van der Waals surface area (Å²) >= 11 is 0. The molecule has 2 nitrogen and oxygen atoms in total. The summed E-state index contributed by atoms with van der Waals surface area (Å²) in [6.45, 7) is 47.6. The van der Waals surface area contributed by atoms with Gasteiger partial charge in [-0.25, -0.2) is 0 Å². The summed E-state index contributed by atoms with van der Waals surface area (Å²) < 4.78 is 5.96. The SMILES string of the molecule is C[C-](C)C.C[CH-]C.Cc1[c-]c(C)c2c(c1C)C(=O)c1c(C)c(C)c(CC(C)(C)C)c(C)c1-2.Cc1[c-]c2c(C)c3c(C)c(CC(C)C)c(C)c(C)c3c(C)c2o1.[W+2].[W+2]. The molecule has 4 heteroatoms. The van der Waals surface area contributed by atoms with Crippen molar-refractivity contribution in [2.24, 2.45) is 11.3 Å². The van der Waals surface area contributed by atoms with E-state index in [2.05, 4.69) is 144 Å². The topological polar surface area (TPSA) is 30.2 Å². The summed E-state index contributed by atoms with van der Waals surface area (Å²) in [6, 6.07) is 6.89. The Labute approximate surface area is 377 Å². The number of carbonyl (C=O) groups excluding carboxylic acids is 1. The third-order valence-corrected chi connectivity index (χ3v) is 11.1. The van der Waals surface area contributed by atoms with Crippen LogP contribution in [0.25, 0.3) is 32.9 Å². The normalized spacial score (nSPS) is 11.6. The number of furan rings is 1. The Hall–Kier alpha value is -2.27. The van der Waals surface area contributed by atoms with Crippen LogP contribution in [-0.4, -0.2) is 5.78 Å². The van der Waals surface area contributed by atoms with Crippen molar-refractivity contribution in [2.45, 2.75) is 165 Å². The van der Waals surface area contributed by atoms with E-state index in [9.17, 15) is 4.79 Å². The van der Waals surface area contributed by atoms with Gasteiger partial charge in [-0.3, -0.25) is 4.79 Å². The van der Waals surface area contributed by atoms with Crippen LogP contribution in [0.2, 0.25) is 0 Å². The summed E-state index contributed by atoms with van der Waals surface area (Å²) in [5.41, 5.74) is 22.1. The molecular formula is C53H72O2W2. The standard InChI is InChI=1S/C24H29O.C22H27O.C4H9.C3H7.2W/c1-12-10-13(2)19-20-17(6)18(11-24(7,8)9)15(4)16(5)22(20)23(25)21(19)14(12)3;1-11(2)9-18-13(4)14(5)20-17(8)22-19(10-12(3)23-22)16(7)21(20)15(18)6;1-4(2)3;1-3-2;;/h11H2,1-9H3;11H,9H2,1-8H3;1-3H3;3H,1-2H3;;/q4*-1;2*+2. The Morgan fingerprint density at radius 2 is 1.07 bits per heavy atom. The van der Waals surface area contributed by atoms with Gasteiger partial charge in [-0.05, 0) is 118 Å². The van der Waals surface area contributed by atoms with Crippen LogP contribution in [0.5, 0.6) is 0 Å². The van der Waals surface area contributed by atoms with Crippen molar-refractivity contribution in [1.82, 2.24) is 0 Å². The zero-order valence-corrected chi connectivity index (χ0v) is 45.6. The molecule has 1 aliphatic rings. The van der Waals surface area contributed by atoms with Crippen LogP contribution in [0.4, 0.5) is 0 Å². The third-order valence-electron chi connectivity index (χ3n) is 11.1. The number of benzene rings is 4. The number of carbonyl (C=O) groups is 1. The van der Waals surface area contributed by atoms with Crippen LogP contribution in [-0.2, 0) is 55.0 Å². The minimum atomic E-state index is 0. The average Bonchev–Trinajstić information content (AvgIpc) is 3.62. The molecule has 4 aromatic carbocycles.